The first-order chi connectivity index (χ1) is 14.0. The van der Waals surface area contributed by atoms with Gasteiger partial charge >= 0.3 is 6.09 Å². The number of nitrogens with zero attached hydrogens (tertiary/aromatic N) is 4. The molecule has 7 nitrogen and oxygen atoms in total. The second-order valence-electron chi connectivity index (χ2n) is 8.68. The van der Waals surface area contributed by atoms with E-state index < -0.39 is 6.09 Å². The Morgan fingerprint density at radius 3 is 2.59 bits per heavy atom. The molecule has 0 radical (unpaired) electrons. The smallest absolute Gasteiger partial charge is 0.411 e. The molecule has 2 aromatic rings. The Balaban J connectivity index is 1.49. The van der Waals surface area contributed by atoms with Crippen molar-refractivity contribution in [3.63, 3.8) is 0 Å². The maximum absolute atomic E-state index is 12.9. The van der Waals surface area contributed by atoms with Gasteiger partial charge in [-0.2, -0.15) is 5.10 Å². The Bertz CT molecular complexity index is 961. The predicted octanol–water partition coefficient (Wildman–Crippen LogP) is 3.98. The number of anilines is 2. The number of rotatable bonds is 4. The van der Waals surface area contributed by atoms with E-state index in [0.717, 1.165) is 36.4 Å². The van der Waals surface area contributed by atoms with E-state index in [4.69, 9.17) is 0 Å². The van der Waals surface area contributed by atoms with Gasteiger partial charge in [0.1, 0.15) is 0 Å². The highest BCUT2D eigenvalue weighted by Crippen LogP contribution is 2.42. The van der Waals surface area contributed by atoms with Crippen LogP contribution in [0, 0.1) is 11.8 Å². The van der Waals surface area contributed by atoms with Gasteiger partial charge in [-0.25, -0.2) is 4.79 Å². The number of amides is 2. The third-order valence-corrected chi connectivity index (χ3v) is 6.44. The minimum absolute atomic E-state index is 0.0890. The van der Waals surface area contributed by atoms with Crippen molar-refractivity contribution in [2.75, 3.05) is 16.3 Å². The average Bonchev–Trinajstić information content (AvgIpc) is 3.41. The van der Waals surface area contributed by atoms with Gasteiger partial charge < -0.3 is 10.0 Å². The van der Waals surface area contributed by atoms with Crippen LogP contribution in [-0.4, -0.2) is 39.5 Å². The van der Waals surface area contributed by atoms with Gasteiger partial charge in [0.05, 0.1) is 23.6 Å². The summed E-state index contributed by atoms with van der Waals surface area (Å²) in [5.74, 6) is 0.924. The van der Waals surface area contributed by atoms with Crippen LogP contribution in [0.1, 0.15) is 39.0 Å². The Morgan fingerprint density at radius 2 is 1.93 bits per heavy atom. The largest absolute Gasteiger partial charge is 0.465 e. The van der Waals surface area contributed by atoms with Crippen molar-refractivity contribution in [3.8, 4) is 11.1 Å². The molecule has 5 rings (SSSR count). The number of benzene rings is 1. The second kappa shape index (κ2) is 6.90. The summed E-state index contributed by atoms with van der Waals surface area (Å²) in [7, 11) is 0. The fourth-order valence-electron chi connectivity index (χ4n) is 4.40. The minimum atomic E-state index is -0.991. The number of aromatic nitrogens is 2. The molecule has 0 unspecified atom stereocenters. The van der Waals surface area contributed by atoms with E-state index in [0.29, 0.717) is 11.4 Å². The van der Waals surface area contributed by atoms with Crippen LogP contribution < -0.4 is 9.80 Å². The third kappa shape index (κ3) is 3.28. The van der Waals surface area contributed by atoms with Crippen LogP contribution in [0.2, 0.25) is 0 Å². The number of carbonyl (C=O) groups excluding carboxylic acids is 1. The van der Waals surface area contributed by atoms with E-state index in [9.17, 15) is 14.7 Å². The van der Waals surface area contributed by atoms with E-state index in [1.165, 1.54) is 24.2 Å². The van der Waals surface area contributed by atoms with Crippen molar-refractivity contribution in [3.05, 3.63) is 30.6 Å². The van der Waals surface area contributed by atoms with Gasteiger partial charge in [0.2, 0.25) is 5.91 Å². The highest BCUT2D eigenvalue weighted by Gasteiger charge is 2.41. The molecular weight excluding hydrogens is 368 g/mol. The second-order valence-corrected chi connectivity index (χ2v) is 8.68. The van der Waals surface area contributed by atoms with E-state index in [1.54, 1.807) is 4.90 Å². The highest BCUT2D eigenvalue weighted by molar-refractivity contribution is 6.04. The lowest BCUT2D eigenvalue weighted by Crippen LogP contribution is -2.52. The van der Waals surface area contributed by atoms with Crippen molar-refractivity contribution < 1.29 is 14.7 Å². The zero-order valence-electron chi connectivity index (χ0n) is 16.6. The summed E-state index contributed by atoms with van der Waals surface area (Å²) in [5, 5.41) is 14.2. The molecule has 2 fully saturated rings. The van der Waals surface area contributed by atoms with Gasteiger partial charge in [0.25, 0.3) is 0 Å². The van der Waals surface area contributed by atoms with Crippen LogP contribution in [0.5, 0.6) is 0 Å². The number of carbonyl (C=O) groups is 2. The summed E-state index contributed by atoms with van der Waals surface area (Å²) in [5.41, 5.74) is 3.15. The van der Waals surface area contributed by atoms with E-state index in [-0.39, 0.29) is 24.4 Å². The Morgan fingerprint density at radius 1 is 1.14 bits per heavy atom. The molecule has 1 N–H and O–H groups in total. The monoisotopic (exact) mass is 394 g/mol. The molecule has 7 heteroatoms. The first kappa shape index (κ1) is 18.2. The fraction of sp³-hybridized carbons (Fsp3) is 0.500. The van der Waals surface area contributed by atoms with Crippen molar-refractivity contribution >= 4 is 23.4 Å². The molecule has 0 spiro atoms. The summed E-state index contributed by atoms with van der Waals surface area (Å²) in [6, 6.07) is 5.56. The molecule has 2 saturated carbocycles. The zero-order valence-corrected chi connectivity index (χ0v) is 16.6. The van der Waals surface area contributed by atoms with Crippen LogP contribution in [0.4, 0.5) is 16.2 Å². The van der Waals surface area contributed by atoms with Crippen LogP contribution in [-0.2, 0) is 11.3 Å². The summed E-state index contributed by atoms with van der Waals surface area (Å²) < 4.78 is 1.98. The number of carboxylic acid groups (broad SMARTS) is 1. The number of hydrogen-bond donors (Lipinski definition) is 1. The van der Waals surface area contributed by atoms with Crippen molar-refractivity contribution in [2.45, 2.75) is 51.6 Å². The molecule has 3 aliphatic rings. The lowest BCUT2D eigenvalue weighted by atomic mass is 9.85. The summed E-state index contributed by atoms with van der Waals surface area (Å²) in [6.07, 6.45) is 8.58. The Hall–Kier alpha value is -2.83. The van der Waals surface area contributed by atoms with Crippen molar-refractivity contribution in [1.29, 1.82) is 0 Å². The molecule has 1 aromatic carbocycles. The molecule has 29 heavy (non-hydrogen) atoms. The fourth-order valence-corrected chi connectivity index (χ4v) is 4.40. The van der Waals surface area contributed by atoms with Crippen LogP contribution in [0.25, 0.3) is 11.1 Å². The Kier molecular flexibility index (Phi) is 4.33. The maximum atomic E-state index is 12.9. The van der Waals surface area contributed by atoms with E-state index >= 15 is 0 Å². The molecule has 1 atom stereocenters. The molecule has 2 heterocycles. The maximum Gasteiger partial charge on any atom is 0.411 e. The van der Waals surface area contributed by atoms with Gasteiger partial charge in [0.15, 0.2) is 0 Å². The molecule has 0 saturated heterocycles. The summed E-state index contributed by atoms with van der Waals surface area (Å²) in [6.45, 7) is 3.14. The van der Waals surface area contributed by atoms with Crippen LogP contribution in [0.15, 0.2) is 30.6 Å². The van der Waals surface area contributed by atoms with Gasteiger partial charge in [-0.05, 0) is 56.2 Å². The zero-order chi connectivity index (χ0) is 20.1. The van der Waals surface area contributed by atoms with Crippen molar-refractivity contribution in [1.82, 2.24) is 9.78 Å². The lowest BCUT2D eigenvalue weighted by Gasteiger charge is -2.40. The van der Waals surface area contributed by atoms with Gasteiger partial charge in [-0.1, -0.05) is 12.5 Å². The van der Waals surface area contributed by atoms with Crippen molar-refractivity contribution in [2.24, 2.45) is 11.8 Å². The molecule has 1 aliphatic heterocycles. The first-order valence-corrected chi connectivity index (χ1v) is 10.5. The summed E-state index contributed by atoms with van der Waals surface area (Å²) >= 11 is 0. The Labute approximate surface area is 169 Å². The van der Waals surface area contributed by atoms with Crippen LogP contribution in [0.3, 0.4) is 0 Å². The van der Waals surface area contributed by atoms with E-state index in [1.807, 2.05) is 42.2 Å². The average molecular weight is 394 g/mol. The highest BCUT2D eigenvalue weighted by atomic mass is 16.4. The lowest BCUT2D eigenvalue weighted by molar-refractivity contribution is -0.120. The van der Waals surface area contributed by atoms with Gasteiger partial charge in [0, 0.05) is 30.8 Å². The SMILES string of the molecule is C[C@H]1CN(C(=O)O)c2cc(-c3cnn(CC4CCC4)c3)ccc2N1C(=O)C1CC1. The molecule has 2 amide bonds. The predicted molar refractivity (Wildman–Crippen MR) is 110 cm³/mol. The third-order valence-electron chi connectivity index (χ3n) is 6.44. The number of hydrogen-bond acceptors (Lipinski definition) is 3. The normalized spacial score (nSPS) is 21.6. The van der Waals surface area contributed by atoms with Gasteiger partial charge in [-0.3, -0.25) is 14.4 Å². The topological polar surface area (TPSA) is 78.7 Å². The molecule has 1 aromatic heterocycles. The number of fused-ring (bicyclic) bond motifs is 1. The first-order valence-electron chi connectivity index (χ1n) is 10.5. The van der Waals surface area contributed by atoms with Gasteiger partial charge in [-0.15, -0.1) is 0 Å². The molecular formula is C22H26N4O3. The summed E-state index contributed by atoms with van der Waals surface area (Å²) in [4.78, 5) is 27.9. The standard InChI is InChI=1S/C22H26N4O3/c1-14-11-25(22(28)29)20-9-17(7-8-19(20)26(14)21(27)16-5-6-16)18-10-23-24(13-18)12-15-3-2-4-15/h7-10,13-16H,2-6,11-12H2,1H3,(H,28,29)/t14-/m0/s1. The quantitative estimate of drug-likeness (QED) is 0.851. The molecule has 2 aliphatic carbocycles. The minimum Gasteiger partial charge on any atom is -0.465 e. The van der Waals surface area contributed by atoms with E-state index in [2.05, 4.69) is 5.10 Å². The molecule has 0 bridgehead atoms. The molecule has 152 valence electrons. The van der Waals surface area contributed by atoms with Crippen LogP contribution >= 0.6 is 0 Å².